The molecule has 0 spiro atoms. The fourth-order valence-electron chi connectivity index (χ4n) is 2.99. The summed E-state index contributed by atoms with van der Waals surface area (Å²) in [5, 5.41) is 0.522. The number of hydrogen-bond donors (Lipinski definition) is 0. The molecule has 0 saturated heterocycles. The molecule has 0 aliphatic rings. The Morgan fingerprint density at radius 2 is 1.86 bits per heavy atom. The van der Waals surface area contributed by atoms with Crippen LogP contribution in [-0.2, 0) is 20.0 Å². The molecule has 0 bridgehead atoms. The Morgan fingerprint density at radius 3 is 2.61 bits per heavy atom. The lowest BCUT2D eigenvalue weighted by molar-refractivity contribution is 0.663. The molecular formula is C22H17N3O2S. The van der Waals surface area contributed by atoms with Gasteiger partial charge in [0.05, 0.1) is 16.8 Å². The quantitative estimate of drug-likeness (QED) is 0.508. The SMILES string of the molecule is Cn1c(=O)n(Cc2ccccc2)c(=O)c2cc(C#CCc3cccnc3)sc21. The lowest BCUT2D eigenvalue weighted by Gasteiger charge is -2.08. The lowest BCUT2D eigenvalue weighted by atomic mass is 10.2. The first kappa shape index (κ1) is 18.0. The summed E-state index contributed by atoms with van der Waals surface area (Å²) >= 11 is 1.36. The van der Waals surface area contributed by atoms with E-state index in [0.29, 0.717) is 16.6 Å². The van der Waals surface area contributed by atoms with Crippen LogP contribution in [0, 0.1) is 11.8 Å². The van der Waals surface area contributed by atoms with E-state index in [9.17, 15) is 9.59 Å². The first-order chi connectivity index (χ1) is 13.6. The fraction of sp³-hybridized carbons (Fsp3) is 0.136. The summed E-state index contributed by atoms with van der Waals surface area (Å²) < 4.78 is 2.80. The van der Waals surface area contributed by atoms with E-state index in [4.69, 9.17) is 0 Å². The third-order valence-corrected chi connectivity index (χ3v) is 5.55. The molecule has 0 aliphatic heterocycles. The normalized spacial score (nSPS) is 10.6. The molecule has 0 atom stereocenters. The number of fused-ring (bicyclic) bond motifs is 1. The van der Waals surface area contributed by atoms with Gasteiger partial charge in [-0.25, -0.2) is 4.79 Å². The molecule has 3 heterocycles. The van der Waals surface area contributed by atoms with Crippen LogP contribution in [-0.4, -0.2) is 14.1 Å². The summed E-state index contributed by atoms with van der Waals surface area (Å²) in [4.78, 5) is 31.1. The first-order valence-corrected chi connectivity index (χ1v) is 9.60. The van der Waals surface area contributed by atoms with Crippen molar-refractivity contribution in [2.45, 2.75) is 13.0 Å². The average Bonchev–Trinajstić information content (AvgIpc) is 3.16. The Hall–Kier alpha value is -3.43. The van der Waals surface area contributed by atoms with Crippen LogP contribution in [0.25, 0.3) is 10.2 Å². The van der Waals surface area contributed by atoms with E-state index >= 15 is 0 Å². The zero-order valence-electron chi connectivity index (χ0n) is 15.3. The van der Waals surface area contributed by atoms with Crippen molar-refractivity contribution in [3.63, 3.8) is 0 Å². The summed E-state index contributed by atoms with van der Waals surface area (Å²) in [6.07, 6.45) is 4.09. The molecule has 0 aliphatic carbocycles. The predicted octanol–water partition coefficient (Wildman–Crippen LogP) is 2.80. The highest BCUT2D eigenvalue weighted by Crippen LogP contribution is 2.21. The number of aryl methyl sites for hydroxylation is 1. The van der Waals surface area contributed by atoms with Crippen molar-refractivity contribution < 1.29 is 0 Å². The van der Waals surface area contributed by atoms with E-state index in [0.717, 1.165) is 16.0 Å². The van der Waals surface area contributed by atoms with Gasteiger partial charge in [-0.05, 0) is 23.3 Å². The van der Waals surface area contributed by atoms with E-state index in [-0.39, 0.29) is 17.8 Å². The molecule has 5 nitrogen and oxygen atoms in total. The summed E-state index contributed by atoms with van der Waals surface area (Å²) in [7, 11) is 1.69. The Bertz CT molecular complexity index is 1310. The number of aromatic nitrogens is 3. The monoisotopic (exact) mass is 387 g/mol. The minimum atomic E-state index is -0.321. The first-order valence-electron chi connectivity index (χ1n) is 8.78. The van der Waals surface area contributed by atoms with E-state index in [1.54, 1.807) is 25.5 Å². The molecule has 0 N–H and O–H groups in total. The topological polar surface area (TPSA) is 56.9 Å². The summed E-state index contributed by atoms with van der Waals surface area (Å²) in [5.74, 6) is 6.21. The van der Waals surface area contributed by atoms with E-state index in [1.807, 2.05) is 42.5 Å². The second kappa shape index (κ2) is 7.67. The second-order valence-electron chi connectivity index (χ2n) is 6.39. The van der Waals surface area contributed by atoms with Gasteiger partial charge in [-0.1, -0.05) is 48.2 Å². The maximum absolute atomic E-state index is 12.9. The van der Waals surface area contributed by atoms with Gasteiger partial charge in [0.1, 0.15) is 4.83 Å². The van der Waals surface area contributed by atoms with Crippen molar-refractivity contribution in [1.29, 1.82) is 0 Å². The molecule has 0 amide bonds. The predicted molar refractivity (Wildman–Crippen MR) is 112 cm³/mol. The molecule has 4 rings (SSSR count). The van der Waals surface area contributed by atoms with E-state index < -0.39 is 0 Å². The molecule has 0 fully saturated rings. The van der Waals surface area contributed by atoms with Gasteiger partial charge in [0.25, 0.3) is 5.56 Å². The van der Waals surface area contributed by atoms with Crippen LogP contribution in [0.15, 0.2) is 70.5 Å². The summed E-state index contributed by atoms with van der Waals surface area (Å²) in [6, 6.07) is 15.1. The zero-order valence-corrected chi connectivity index (χ0v) is 16.1. The Kier molecular flexibility index (Phi) is 4.92. The van der Waals surface area contributed by atoms with Crippen molar-refractivity contribution in [2.75, 3.05) is 0 Å². The number of thiophene rings is 1. The van der Waals surface area contributed by atoms with Crippen molar-refractivity contribution >= 4 is 21.6 Å². The second-order valence-corrected chi connectivity index (χ2v) is 7.42. The molecule has 1 aromatic carbocycles. The lowest BCUT2D eigenvalue weighted by Crippen LogP contribution is -2.38. The van der Waals surface area contributed by atoms with Gasteiger partial charge >= 0.3 is 5.69 Å². The summed E-state index contributed by atoms with van der Waals surface area (Å²) in [5.41, 5.74) is 1.35. The van der Waals surface area contributed by atoms with Crippen LogP contribution < -0.4 is 11.2 Å². The smallest absolute Gasteiger partial charge is 0.287 e. The Balaban J connectivity index is 1.72. The summed E-state index contributed by atoms with van der Waals surface area (Å²) in [6.45, 7) is 0.250. The third kappa shape index (κ3) is 3.53. The molecular weight excluding hydrogens is 370 g/mol. The fourth-order valence-corrected chi connectivity index (χ4v) is 3.97. The van der Waals surface area contributed by atoms with Gasteiger partial charge in [0.2, 0.25) is 0 Å². The van der Waals surface area contributed by atoms with E-state index in [1.165, 1.54) is 20.5 Å². The third-order valence-electron chi connectivity index (χ3n) is 4.42. The molecule has 0 saturated carbocycles. The van der Waals surface area contributed by atoms with Crippen molar-refractivity contribution in [3.8, 4) is 11.8 Å². The largest absolute Gasteiger partial charge is 0.332 e. The average molecular weight is 387 g/mol. The van der Waals surface area contributed by atoms with Crippen molar-refractivity contribution in [3.05, 3.63) is 97.8 Å². The van der Waals surface area contributed by atoms with Crippen LogP contribution in [0.3, 0.4) is 0 Å². The van der Waals surface area contributed by atoms with Gasteiger partial charge < -0.3 is 0 Å². The number of pyridine rings is 1. The van der Waals surface area contributed by atoms with Crippen LogP contribution in [0.2, 0.25) is 0 Å². The van der Waals surface area contributed by atoms with Crippen LogP contribution >= 0.6 is 11.3 Å². The highest BCUT2D eigenvalue weighted by molar-refractivity contribution is 7.19. The maximum Gasteiger partial charge on any atom is 0.332 e. The Labute approximate surface area is 165 Å². The van der Waals surface area contributed by atoms with Crippen molar-refractivity contribution in [2.24, 2.45) is 7.05 Å². The molecule has 4 aromatic rings. The minimum absolute atomic E-state index is 0.250. The van der Waals surface area contributed by atoms with Crippen molar-refractivity contribution in [1.82, 2.24) is 14.1 Å². The number of benzene rings is 1. The van der Waals surface area contributed by atoms with E-state index in [2.05, 4.69) is 16.8 Å². The maximum atomic E-state index is 12.9. The highest BCUT2D eigenvalue weighted by atomic mass is 32.1. The number of hydrogen-bond acceptors (Lipinski definition) is 4. The standard InChI is InChI=1S/C22H17N3O2S/c1-24-21-19(13-18(28-21)11-5-9-16-10-6-12-23-14-16)20(26)25(22(24)27)15-17-7-3-2-4-8-17/h2-4,6-8,10,12-14H,9,15H2,1H3. The molecule has 0 unspecified atom stereocenters. The molecule has 3 aromatic heterocycles. The molecule has 6 heteroatoms. The molecule has 0 radical (unpaired) electrons. The highest BCUT2D eigenvalue weighted by Gasteiger charge is 2.14. The van der Waals surface area contributed by atoms with Gasteiger partial charge in [0, 0.05) is 25.9 Å². The van der Waals surface area contributed by atoms with Crippen LogP contribution in [0.5, 0.6) is 0 Å². The Morgan fingerprint density at radius 1 is 1.07 bits per heavy atom. The number of nitrogens with zero attached hydrogens (tertiary/aromatic N) is 3. The molecule has 28 heavy (non-hydrogen) atoms. The van der Waals surface area contributed by atoms with Crippen LogP contribution in [0.1, 0.15) is 16.0 Å². The van der Waals surface area contributed by atoms with Gasteiger partial charge in [-0.2, -0.15) is 0 Å². The number of rotatable bonds is 3. The van der Waals surface area contributed by atoms with Gasteiger partial charge in [0.15, 0.2) is 0 Å². The zero-order chi connectivity index (χ0) is 19.5. The van der Waals surface area contributed by atoms with Gasteiger partial charge in [-0.3, -0.25) is 18.9 Å². The molecule has 138 valence electrons. The van der Waals surface area contributed by atoms with Gasteiger partial charge in [-0.15, -0.1) is 11.3 Å². The minimum Gasteiger partial charge on any atom is -0.287 e. The van der Waals surface area contributed by atoms with Crippen LogP contribution in [0.4, 0.5) is 0 Å².